The van der Waals surface area contributed by atoms with Crippen molar-refractivity contribution >= 4 is 21.6 Å². The van der Waals surface area contributed by atoms with Crippen molar-refractivity contribution in [3.63, 3.8) is 0 Å². The molecule has 1 aromatic carbocycles. The first-order valence-corrected chi connectivity index (χ1v) is 10.5. The van der Waals surface area contributed by atoms with Crippen LogP contribution in [-0.2, 0) is 10.0 Å². The predicted molar refractivity (Wildman–Crippen MR) is 94.8 cm³/mol. The summed E-state index contributed by atoms with van der Waals surface area (Å²) in [6.45, 7) is 2.17. The van der Waals surface area contributed by atoms with Gasteiger partial charge in [-0.3, -0.25) is 0 Å². The lowest BCUT2D eigenvalue weighted by Crippen LogP contribution is -2.67. The first-order valence-electron chi connectivity index (χ1n) is 8.66. The summed E-state index contributed by atoms with van der Waals surface area (Å²) in [6.07, 6.45) is 4.35. The average Bonchev–Trinajstić information content (AvgIpc) is 2.54. The van der Waals surface area contributed by atoms with Crippen LogP contribution in [0.1, 0.15) is 39.0 Å². The molecule has 132 valence electrons. The van der Waals surface area contributed by atoms with E-state index in [-0.39, 0.29) is 17.4 Å². The smallest absolute Gasteiger partial charge is 0.217 e. The fourth-order valence-electron chi connectivity index (χ4n) is 5.58. The third kappa shape index (κ3) is 2.31. The largest absolute Gasteiger partial charge is 0.487 e. The van der Waals surface area contributed by atoms with Crippen molar-refractivity contribution in [1.82, 2.24) is 4.72 Å². The van der Waals surface area contributed by atoms with Gasteiger partial charge in [0.25, 0.3) is 0 Å². The second-order valence-electron chi connectivity index (χ2n) is 7.97. The van der Waals surface area contributed by atoms with Gasteiger partial charge in [-0.1, -0.05) is 11.6 Å². The molecule has 4 bridgehead atoms. The summed E-state index contributed by atoms with van der Waals surface area (Å²) in [5.74, 6) is 1.89. The molecule has 5 rings (SSSR count). The van der Waals surface area contributed by atoms with Crippen molar-refractivity contribution in [2.24, 2.45) is 17.8 Å². The Morgan fingerprint density at radius 3 is 2.25 bits per heavy atom. The van der Waals surface area contributed by atoms with Gasteiger partial charge in [-0.15, -0.1) is 0 Å². The van der Waals surface area contributed by atoms with Gasteiger partial charge in [-0.2, -0.15) is 0 Å². The van der Waals surface area contributed by atoms with Crippen LogP contribution in [0, 0.1) is 17.8 Å². The molecule has 0 spiro atoms. The van der Waals surface area contributed by atoms with Crippen LogP contribution in [0.2, 0.25) is 5.02 Å². The molecule has 0 amide bonds. The lowest BCUT2D eigenvalue weighted by Gasteiger charge is -2.63. The first kappa shape index (κ1) is 16.7. The van der Waals surface area contributed by atoms with Crippen LogP contribution in [0.3, 0.4) is 0 Å². The van der Waals surface area contributed by atoms with Crippen LogP contribution < -0.4 is 9.46 Å². The molecule has 4 fully saturated rings. The van der Waals surface area contributed by atoms with E-state index in [1.54, 1.807) is 0 Å². The first-order chi connectivity index (χ1) is 11.3. The Morgan fingerprint density at radius 1 is 1.12 bits per heavy atom. The highest BCUT2D eigenvalue weighted by Gasteiger charge is 2.65. The van der Waals surface area contributed by atoms with E-state index in [1.807, 2.05) is 24.3 Å². The quantitative estimate of drug-likeness (QED) is 0.882. The minimum Gasteiger partial charge on any atom is -0.487 e. The second-order valence-corrected chi connectivity index (χ2v) is 10.7. The minimum atomic E-state index is -3.27. The zero-order valence-electron chi connectivity index (χ0n) is 14.1. The fourth-order valence-corrected chi connectivity index (χ4v) is 7.44. The van der Waals surface area contributed by atoms with Gasteiger partial charge in [0.05, 0.1) is 4.75 Å². The highest BCUT2D eigenvalue weighted by atomic mass is 35.5. The third-order valence-corrected chi connectivity index (χ3v) is 9.17. The molecule has 0 saturated heterocycles. The summed E-state index contributed by atoms with van der Waals surface area (Å²) in [5.41, 5.74) is -0.294. The number of nitrogens with one attached hydrogen (secondary N) is 1. The maximum Gasteiger partial charge on any atom is 0.217 e. The molecular weight excluding hydrogens is 346 g/mol. The van der Waals surface area contributed by atoms with E-state index in [0.717, 1.165) is 25.0 Å². The zero-order chi connectivity index (χ0) is 17.2. The van der Waals surface area contributed by atoms with Gasteiger partial charge in [0.1, 0.15) is 11.4 Å². The SMILES string of the molecule is CNS(=O)(=O)C12CC3CC(C1)C(C)(Oc1ccc(Cl)cc1)C(C3)C2. The lowest BCUT2D eigenvalue weighted by atomic mass is 9.50. The maximum atomic E-state index is 12.7. The molecule has 2 unspecified atom stereocenters. The molecule has 4 nitrogen and oxygen atoms in total. The summed E-state index contributed by atoms with van der Waals surface area (Å²) >= 11 is 5.97. The monoisotopic (exact) mass is 369 g/mol. The fraction of sp³-hybridized carbons (Fsp3) is 0.667. The Kier molecular flexibility index (Phi) is 3.72. The van der Waals surface area contributed by atoms with Gasteiger partial charge < -0.3 is 4.74 Å². The number of hydrogen-bond acceptors (Lipinski definition) is 3. The van der Waals surface area contributed by atoms with Crippen LogP contribution in [-0.4, -0.2) is 25.8 Å². The van der Waals surface area contributed by atoms with E-state index in [1.165, 1.54) is 7.05 Å². The number of halogens is 1. The lowest BCUT2D eigenvalue weighted by molar-refractivity contribution is -0.138. The van der Waals surface area contributed by atoms with E-state index in [0.29, 0.717) is 23.8 Å². The Morgan fingerprint density at radius 2 is 1.71 bits per heavy atom. The number of benzene rings is 1. The molecule has 24 heavy (non-hydrogen) atoms. The van der Waals surface area contributed by atoms with Gasteiger partial charge >= 0.3 is 0 Å². The van der Waals surface area contributed by atoms with Crippen LogP contribution >= 0.6 is 11.6 Å². The topological polar surface area (TPSA) is 55.4 Å². The normalized spacial score (nSPS) is 40.7. The average molecular weight is 370 g/mol. The van der Waals surface area contributed by atoms with Gasteiger partial charge in [0.15, 0.2) is 0 Å². The maximum absolute atomic E-state index is 12.7. The van der Waals surface area contributed by atoms with Crippen LogP contribution in [0.5, 0.6) is 5.75 Å². The molecule has 4 saturated carbocycles. The van der Waals surface area contributed by atoms with E-state index in [2.05, 4.69) is 11.6 Å². The van der Waals surface area contributed by atoms with Crippen molar-refractivity contribution in [3.8, 4) is 5.75 Å². The molecule has 0 heterocycles. The molecule has 0 radical (unpaired) electrons. The van der Waals surface area contributed by atoms with Crippen molar-refractivity contribution < 1.29 is 13.2 Å². The highest BCUT2D eigenvalue weighted by Crippen LogP contribution is 2.63. The summed E-state index contributed by atoms with van der Waals surface area (Å²) in [6, 6.07) is 7.48. The summed E-state index contributed by atoms with van der Waals surface area (Å²) in [4.78, 5) is 0. The Labute approximate surface area is 149 Å². The standard InChI is InChI=1S/C18H24ClNO3S/c1-17(23-16-5-3-15(19)4-6-16)13-7-12-8-14(17)11-18(9-12,10-13)24(21,22)20-2/h3-6,12-14,20H,7-11H2,1-2H3. The number of ether oxygens (including phenoxy) is 1. The molecule has 4 aliphatic carbocycles. The van der Waals surface area contributed by atoms with Crippen LogP contribution in [0.25, 0.3) is 0 Å². The van der Waals surface area contributed by atoms with E-state index >= 15 is 0 Å². The third-order valence-electron chi connectivity index (χ3n) is 6.74. The molecule has 1 aromatic rings. The Balaban J connectivity index is 1.66. The number of sulfonamides is 1. The zero-order valence-corrected chi connectivity index (χ0v) is 15.7. The van der Waals surface area contributed by atoms with Gasteiger partial charge in [0, 0.05) is 16.9 Å². The van der Waals surface area contributed by atoms with E-state index < -0.39 is 14.8 Å². The van der Waals surface area contributed by atoms with E-state index in [4.69, 9.17) is 16.3 Å². The van der Waals surface area contributed by atoms with Crippen LogP contribution in [0.15, 0.2) is 24.3 Å². The van der Waals surface area contributed by atoms with Crippen LogP contribution in [0.4, 0.5) is 0 Å². The van der Waals surface area contributed by atoms with Crippen molar-refractivity contribution in [2.45, 2.75) is 49.4 Å². The van der Waals surface area contributed by atoms with Gasteiger partial charge in [-0.25, -0.2) is 13.1 Å². The number of rotatable bonds is 4. The van der Waals surface area contributed by atoms with Gasteiger partial charge in [0.2, 0.25) is 10.0 Å². The number of hydrogen-bond donors (Lipinski definition) is 1. The molecule has 2 atom stereocenters. The highest BCUT2D eigenvalue weighted by molar-refractivity contribution is 7.90. The minimum absolute atomic E-state index is 0.280. The van der Waals surface area contributed by atoms with Crippen molar-refractivity contribution in [3.05, 3.63) is 29.3 Å². The Bertz CT molecular complexity index is 730. The molecular formula is C18H24ClNO3S. The van der Waals surface area contributed by atoms with Crippen molar-refractivity contribution in [1.29, 1.82) is 0 Å². The molecule has 4 aliphatic rings. The summed E-state index contributed by atoms with van der Waals surface area (Å²) in [7, 11) is -1.73. The molecule has 0 aromatic heterocycles. The Hall–Kier alpha value is -0.780. The molecule has 0 aliphatic heterocycles. The summed E-state index contributed by atoms with van der Waals surface area (Å²) < 4.78 is 33.8. The molecule has 6 heteroatoms. The van der Waals surface area contributed by atoms with Crippen molar-refractivity contribution in [2.75, 3.05) is 7.05 Å². The summed E-state index contributed by atoms with van der Waals surface area (Å²) in [5, 5.41) is 0.691. The predicted octanol–water partition coefficient (Wildman–Crippen LogP) is 3.61. The van der Waals surface area contributed by atoms with E-state index in [9.17, 15) is 8.42 Å². The van der Waals surface area contributed by atoms with Gasteiger partial charge in [-0.05, 0) is 76.3 Å². The second kappa shape index (κ2) is 5.36. The molecule has 1 N–H and O–H groups in total.